The van der Waals surface area contributed by atoms with Gasteiger partial charge in [0.25, 0.3) is 5.91 Å². The number of carbonyl (C=O) groups excluding carboxylic acids is 1. The quantitative estimate of drug-likeness (QED) is 0.881. The molecule has 1 aromatic rings. The summed E-state index contributed by atoms with van der Waals surface area (Å²) < 4.78 is 0. The first-order valence-electron chi connectivity index (χ1n) is 5.43. The van der Waals surface area contributed by atoms with Crippen LogP contribution >= 0.6 is 11.6 Å². The zero-order valence-electron chi connectivity index (χ0n) is 9.11. The number of benzene rings is 1. The average molecular weight is 240 g/mol. The third-order valence-corrected chi connectivity index (χ3v) is 3.09. The molecule has 0 radical (unpaired) electrons. The van der Waals surface area contributed by atoms with Crippen LogP contribution in [0.1, 0.15) is 30.1 Å². The van der Waals surface area contributed by atoms with Gasteiger partial charge < -0.3 is 10.0 Å². The number of rotatable bonds is 3. The van der Waals surface area contributed by atoms with E-state index < -0.39 is 0 Å². The van der Waals surface area contributed by atoms with Crippen LogP contribution in [-0.2, 0) is 0 Å². The predicted octanol–water partition coefficient (Wildman–Crippen LogP) is 2.67. The first-order valence-corrected chi connectivity index (χ1v) is 5.80. The second kappa shape index (κ2) is 4.34. The summed E-state index contributed by atoms with van der Waals surface area (Å²) in [5.74, 6) is -0.000382. The van der Waals surface area contributed by atoms with E-state index in [0.717, 1.165) is 12.8 Å². The molecule has 16 heavy (non-hydrogen) atoms. The first kappa shape index (κ1) is 11.3. The number of nitrogens with zero attached hydrogens (tertiary/aromatic N) is 1. The number of hydrogen-bond donors (Lipinski definition) is 1. The third-order valence-electron chi connectivity index (χ3n) is 2.78. The Morgan fingerprint density at radius 1 is 1.56 bits per heavy atom. The lowest BCUT2D eigenvalue weighted by Gasteiger charge is -2.20. The molecule has 0 unspecified atom stereocenters. The van der Waals surface area contributed by atoms with Gasteiger partial charge in [-0.05, 0) is 38.0 Å². The molecule has 1 aliphatic rings. The van der Waals surface area contributed by atoms with Crippen molar-refractivity contribution < 1.29 is 9.90 Å². The highest BCUT2D eigenvalue weighted by molar-refractivity contribution is 6.32. The van der Waals surface area contributed by atoms with Gasteiger partial charge >= 0.3 is 0 Å². The summed E-state index contributed by atoms with van der Waals surface area (Å²) in [6.07, 6.45) is 2.18. The lowest BCUT2D eigenvalue weighted by molar-refractivity contribution is 0.0752. The van der Waals surface area contributed by atoms with Crippen molar-refractivity contribution >= 4 is 17.5 Å². The summed E-state index contributed by atoms with van der Waals surface area (Å²) in [4.78, 5) is 14.0. The van der Waals surface area contributed by atoms with E-state index in [4.69, 9.17) is 11.6 Å². The Balaban J connectivity index is 2.22. The Hall–Kier alpha value is -1.22. The van der Waals surface area contributed by atoms with Gasteiger partial charge in [-0.15, -0.1) is 0 Å². The largest absolute Gasteiger partial charge is 0.506 e. The van der Waals surface area contributed by atoms with Crippen LogP contribution in [0.15, 0.2) is 18.2 Å². The standard InChI is InChI=1S/C12H14ClNO2/c1-2-14(9-4-5-9)12(16)8-3-6-11(15)10(13)7-8/h3,6-7,9,15H,2,4-5H2,1H3. The predicted molar refractivity (Wildman–Crippen MR) is 62.8 cm³/mol. The maximum Gasteiger partial charge on any atom is 0.254 e. The Morgan fingerprint density at radius 3 is 2.75 bits per heavy atom. The summed E-state index contributed by atoms with van der Waals surface area (Å²) >= 11 is 5.78. The van der Waals surface area contributed by atoms with Crippen LogP contribution in [0.25, 0.3) is 0 Å². The molecule has 1 aromatic carbocycles. The highest BCUT2D eigenvalue weighted by Crippen LogP contribution is 2.29. The van der Waals surface area contributed by atoms with Crippen molar-refractivity contribution in [1.82, 2.24) is 4.90 Å². The van der Waals surface area contributed by atoms with Gasteiger partial charge in [-0.1, -0.05) is 11.6 Å². The lowest BCUT2D eigenvalue weighted by atomic mass is 10.2. The molecular weight excluding hydrogens is 226 g/mol. The lowest BCUT2D eigenvalue weighted by Crippen LogP contribution is -2.32. The van der Waals surface area contributed by atoms with Crippen molar-refractivity contribution in [2.24, 2.45) is 0 Å². The second-order valence-corrected chi connectivity index (χ2v) is 4.40. The van der Waals surface area contributed by atoms with E-state index in [0.29, 0.717) is 18.2 Å². The van der Waals surface area contributed by atoms with Crippen LogP contribution in [0.4, 0.5) is 0 Å². The monoisotopic (exact) mass is 239 g/mol. The van der Waals surface area contributed by atoms with Crippen molar-refractivity contribution in [3.05, 3.63) is 28.8 Å². The topological polar surface area (TPSA) is 40.5 Å². The number of aromatic hydroxyl groups is 1. The Morgan fingerprint density at radius 2 is 2.25 bits per heavy atom. The van der Waals surface area contributed by atoms with Crippen LogP contribution in [-0.4, -0.2) is 28.5 Å². The van der Waals surface area contributed by atoms with Crippen molar-refractivity contribution in [1.29, 1.82) is 0 Å². The van der Waals surface area contributed by atoms with E-state index in [-0.39, 0.29) is 16.7 Å². The molecule has 2 rings (SSSR count). The SMILES string of the molecule is CCN(C(=O)c1ccc(O)c(Cl)c1)C1CC1. The molecule has 0 heterocycles. The molecule has 1 fully saturated rings. The van der Waals surface area contributed by atoms with E-state index in [2.05, 4.69) is 0 Å². The van der Waals surface area contributed by atoms with Crippen molar-refractivity contribution in [3.8, 4) is 5.75 Å². The van der Waals surface area contributed by atoms with Crippen LogP contribution in [0, 0.1) is 0 Å². The summed E-state index contributed by atoms with van der Waals surface area (Å²) in [6.45, 7) is 2.68. The molecule has 1 N–H and O–H groups in total. The number of phenolic OH excluding ortho intramolecular Hbond substituents is 1. The molecule has 1 amide bonds. The maximum absolute atomic E-state index is 12.1. The van der Waals surface area contributed by atoms with Crippen molar-refractivity contribution in [3.63, 3.8) is 0 Å². The van der Waals surface area contributed by atoms with Gasteiger partial charge in [-0.25, -0.2) is 0 Å². The van der Waals surface area contributed by atoms with Crippen LogP contribution in [0.2, 0.25) is 5.02 Å². The molecule has 0 aromatic heterocycles. The molecule has 1 saturated carbocycles. The molecule has 3 nitrogen and oxygen atoms in total. The Kier molecular flexibility index (Phi) is 3.06. The zero-order chi connectivity index (χ0) is 11.7. The van der Waals surface area contributed by atoms with E-state index in [1.165, 1.54) is 12.1 Å². The second-order valence-electron chi connectivity index (χ2n) is 3.99. The summed E-state index contributed by atoms with van der Waals surface area (Å²) in [5, 5.41) is 9.51. The van der Waals surface area contributed by atoms with Crippen molar-refractivity contribution in [2.75, 3.05) is 6.54 Å². The molecular formula is C12H14ClNO2. The number of carbonyl (C=O) groups is 1. The van der Waals surface area contributed by atoms with Gasteiger partial charge in [0.1, 0.15) is 5.75 Å². The summed E-state index contributed by atoms with van der Waals surface area (Å²) in [7, 11) is 0. The van der Waals surface area contributed by atoms with Crippen LogP contribution in [0.3, 0.4) is 0 Å². The fourth-order valence-electron chi connectivity index (χ4n) is 1.76. The van der Waals surface area contributed by atoms with E-state index in [9.17, 15) is 9.90 Å². The minimum atomic E-state index is -0.00750. The molecule has 0 bridgehead atoms. The van der Waals surface area contributed by atoms with Gasteiger partial charge in [0.05, 0.1) is 5.02 Å². The number of phenols is 1. The van der Waals surface area contributed by atoms with Crippen molar-refractivity contribution in [2.45, 2.75) is 25.8 Å². The molecule has 86 valence electrons. The fraction of sp³-hybridized carbons (Fsp3) is 0.417. The van der Waals surface area contributed by atoms with E-state index in [1.54, 1.807) is 6.07 Å². The molecule has 0 atom stereocenters. The highest BCUT2D eigenvalue weighted by Gasteiger charge is 2.31. The van der Waals surface area contributed by atoms with Gasteiger partial charge in [-0.2, -0.15) is 0 Å². The Bertz CT molecular complexity index is 415. The number of hydrogen-bond acceptors (Lipinski definition) is 2. The fourth-order valence-corrected chi connectivity index (χ4v) is 1.94. The minimum Gasteiger partial charge on any atom is -0.506 e. The maximum atomic E-state index is 12.1. The smallest absolute Gasteiger partial charge is 0.254 e. The number of amides is 1. The highest BCUT2D eigenvalue weighted by atomic mass is 35.5. The average Bonchev–Trinajstić information content (AvgIpc) is 3.07. The summed E-state index contributed by atoms with van der Waals surface area (Å²) in [6, 6.07) is 4.97. The van der Waals surface area contributed by atoms with Gasteiger partial charge in [-0.3, -0.25) is 4.79 Å². The first-order chi connectivity index (χ1) is 7.63. The normalized spacial score (nSPS) is 14.9. The minimum absolute atomic E-state index is 0.00712. The van der Waals surface area contributed by atoms with Gasteiger partial charge in [0.2, 0.25) is 0 Å². The van der Waals surface area contributed by atoms with Crippen LogP contribution < -0.4 is 0 Å². The molecule has 0 saturated heterocycles. The molecule has 1 aliphatic carbocycles. The van der Waals surface area contributed by atoms with E-state index in [1.807, 2.05) is 11.8 Å². The molecule has 0 aliphatic heterocycles. The third kappa shape index (κ3) is 2.14. The molecule has 4 heteroatoms. The zero-order valence-corrected chi connectivity index (χ0v) is 9.87. The summed E-state index contributed by atoms with van der Waals surface area (Å²) in [5.41, 5.74) is 0.538. The Labute approximate surface area is 99.6 Å². The van der Waals surface area contributed by atoms with Gasteiger partial charge in [0.15, 0.2) is 0 Å². The van der Waals surface area contributed by atoms with Gasteiger partial charge in [0, 0.05) is 18.2 Å². The molecule has 0 spiro atoms. The van der Waals surface area contributed by atoms with E-state index >= 15 is 0 Å². The number of halogens is 1. The van der Waals surface area contributed by atoms with Crippen LogP contribution in [0.5, 0.6) is 5.75 Å².